The molecule has 2 N–H and O–H groups in total. The first-order valence-electron chi connectivity index (χ1n) is 13.0. The van der Waals surface area contributed by atoms with Gasteiger partial charge in [-0.25, -0.2) is 4.98 Å². The van der Waals surface area contributed by atoms with Crippen LogP contribution in [0.5, 0.6) is 0 Å². The van der Waals surface area contributed by atoms with Crippen molar-refractivity contribution < 1.29 is 4.79 Å². The molecule has 2 aromatic heterocycles. The zero-order valence-corrected chi connectivity index (χ0v) is 22.1. The lowest BCUT2D eigenvalue weighted by atomic mass is 10.0. The standard InChI is InChI=1S/C32H33N5O/c1-22-11-15-25(16-12-22)19-27(20-34-31(38)28-8-6-7-24(3)35-28)37-30-10-5-4-9-29(30)36(32(37)33)21-26-17-13-23(2)14-18-26/h4-18,27,33H,19-21H2,1-3H3,(H,34,38). The van der Waals surface area contributed by atoms with Gasteiger partial charge in [0.1, 0.15) is 5.69 Å². The SMILES string of the molecule is Cc1ccc(CC(CNC(=O)c2cccc(C)n2)n2c(=N)n(Cc3ccc(C)cc3)c3ccccc32)cc1. The van der Waals surface area contributed by atoms with Crippen LogP contribution in [-0.2, 0) is 13.0 Å². The van der Waals surface area contributed by atoms with Crippen LogP contribution in [0.4, 0.5) is 0 Å². The van der Waals surface area contributed by atoms with Gasteiger partial charge in [-0.05, 0) is 62.6 Å². The van der Waals surface area contributed by atoms with E-state index in [1.165, 1.54) is 11.1 Å². The van der Waals surface area contributed by atoms with Gasteiger partial charge in [-0.3, -0.25) is 10.2 Å². The summed E-state index contributed by atoms with van der Waals surface area (Å²) in [4.78, 5) is 17.4. The van der Waals surface area contributed by atoms with Gasteiger partial charge in [0.15, 0.2) is 0 Å². The average Bonchev–Trinajstić information content (AvgIpc) is 3.19. The Balaban J connectivity index is 1.53. The lowest BCUT2D eigenvalue weighted by Gasteiger charge is -2.21. The Labute approximate surface area is 223 Å². The average molecular weight is 504 g/mol. The van der Waals surface area contributed by atoms with Crippen LogP contribution in [-0.4, -0.2) is 26.6 Å². The third-order valence-electron chi connectivity index (χ3n) is 6.95. The van der Waals surface area contributed by atoms with Gasteiger partial charge in [-0.2, -0.15) is 0 Å². The van der Waals surface area contributed by atoms with Crippen LogP contribution in [0.15, 0.2) is 91.0 Å². The van der Waals surface area contributed by atoms with Crippen LogP contribution < -0.4 is 10.9 Å². The second-order valence-electron chi connectivity index (χ2n) is 9.97. The molecule has 3 aromatic carbocycles. The minimum absolute atomic E-state index is 0.164. The number of carbonyl (C=O) groups is 1. The molecule has 38 heavy (non-hydrogen) atoms. The molecule has 0 aliphatic carbocycles. The molecule has 1 amide bonds. The van der Waals surface area contributed by atoms with Crippen molar-refractivity contribution >= 4 is 16.9 Å². The number of imidazole rings is 1. The van der Waals surface area contributed by atoms with Gasteiger partial charge >= 0.3 is 0 Å². The first-order valence-corrected chi connectivity index (χ1v) is 13.0. The molecule has 0 saturated heterocycles. The Kier molecular flexibility index (Phi) is 7.22. The molecular weight excluding hydrogens is 470 g/mol. The molecule has 6 nitrogen and oxygen atoms in total. The number of rotatable bonds is 8. The Bertz CT molecular complexity index is 1630. The molecule has 1 unspecified atom stereocenters. The van der Waals surface area contributed by atoms with Crippen molar-refractivity contribution in [3.05, 3.63) is 130 Å². The second kappa shape index (κ2) is 10.9. The fourth-order valence-electron chi connectivity index (χ4n) is 4.88. The molecule has 2 heterocycles. The molecule has 0 aliphatic rings. The molecule has 0 bridgehead atoms. The lowest BCUT2D eigenvalue weighted by molar-refractivity contribution is 0.0942. The zero-order valence-electron chi connectivity index (χ0n) is 22.1. The maximum atomic E-state index is 13.0. The molecule has 0 spiro atoms. The van der Waals surface area contributed by atoms with Crippen LogP contribution in [0.25, 0.3) is 11.0 Å². The monoisotopic (exact) mass is 503 g/mol. The van der Waals surface area contributed by atoms with Gasteiger partial charge in [0, 0.05) is 12.2 Å². The van der Waals surface area contributed by atoms with Crippen molar-refractivity contribution in [3.63, 3.8) is 0 Å². The van der Waals surface area contributed by atoms with E-state index in [9.17, 15) is 10.2 Å². The summed E-state index contributed by atoms with van der Waals surface area (Å²) in [7, 11) is 0. The van der Waals surface area contributed by atoms with E-state index in [0.29, 0.717) is 30.8 Å². The third-order valence-corrected chi connectivity index (χ3v) is 6.95. The highest BCUT2D eigenvalue weighted by Gasteiger charge is 2.21. The molecule has 192 valence electrons. The van der Waals surface area contributed by atoms with Gasteiger partial charge in [-0.1, -0.05) is 77.9 Å². The number of amides is 1. The number of fused-ring (bicyclic) bond motifs is 1. The number of aromatic nitrogens is 3. The predicted octanol–water partition coefficient (Wildman–Crippen LogP) is 5.50. The molecule has 5 aromatic rings. The van der Waals surface area contributed by atoms with Crippen LogP contribution in [0, 0.1) is 26.2 Å². The third kappa shape index (κ3) is 5.44. The zero-order chi connectivity index (χ0) is 26.6. The molecule has 0 aliphatic heterocycles. The van der Waals surface area contributed by atoms with Crippen LogP contribution in [0.1, 0.15) is 44.5 Å². The summed E-state index contributed by atoms with van der Waals surface area (Å²) >= 11 is 0. The van der Waals surface area contributed by atoms with Gasteiger partial charge in [0.2, 0.25) is 5.62 Å². The van der Waals surface area contributed by atoms with Gasteiger partial charge in [-0.15, -0.1) is 0 Å². The van der Waals surface area contributed by atoms with E-state index in [0.717, 1.165) is 27.9 Å². The summed E-state index contributed by atoms with van der Waals surface area (Å²) in [6, 6.07) is 30.3. The van der Waals surface area contributed by atoms with E-state index >= 15 is 0 Å². The number of carbonyl (C=O) groups excluding carboxylic acids is 1. The molecule has 0 radical (unpaired) electrons. The van der Waals surface area contributed by atoms with Gasteiger partial charge in [0.25, 0.3) is 5.91 Å². The largest absolute Gasteiger partial charge is 0.349 e. The predicted molar refractivity (Wildman–Crippen MR) is 151 cm³/mol. The highest BCUT2D eigenvalue weighted by Crippen LogP contribution is 2.22. The molecule has 0 fully saturated rings. The first kappa shape index (κ1) is 25.2. The van der Waals surface area contributed by atoms with E-state index in [-0.39, 0.29) is 11.9 Å². The molecule has 6 heteroatoms. The Morgan fingerprint density at radius 3 is 2.11 bits per heavy atom. The smallest absolute Gasteiger partial charge is 0.269 e. The second-order valence-corrected chi connectivity index (χ2v) is 9.97. The maximum absolute atomic E-state index is 13.0. The van der Waals surface area contributed by atoms with E-state index in [4.69, 9.17) is 0 Å². The van der Waals surface area contributed by atoms with E-state index in [1.54, 1.807) is 6.07 Å². The number of aryl methyl sites for hydroxylation is 3. The summed E-state index contributed by atoms with van der Waals surface area (Å²) in [6.45, 7) is 7.00. The Morgan fingerprint density at radius 2 is 1.45 bits per heavy atom. The maximum Gasteiger partial charge on any atom is 0.269 e. The highest BCUT2D eigenvalue weighted by molar-refractivity contribution is 5.92. The topological polar surface area (TPSA) is 75.7 Å². The Morgan fingerprint density at radius 1 is 0.816 bits per heavy atom. The van der Waals surface area contributed by atoms with E-state index in [2.05, 4.69) is 89.4 Å². The number of benzene rings is 3. The minimum atomic E-state index is -0.210. The van der Waals surface area contributed by atoms with Crippen LogP contribution in [0.3, 0.4) is 0 Å². The lowest BCUT2D eigenvalue weighted by Crippen LogP contribution is -2.37. The van der Waals surface area contributed by atoms with Crippen molar-refractivity contribution in [3.8, 4) is 0 Å². The molecular formula is C32H33N5O. The number of nitrogens with one attached hydrogen (secondary N) is 2. The molecule has 5 rings (SSSR count). The minimum Gasteiger partial charge on any atom is -0.349 e. The van der Waals surface area contributed by atoms with Crippen LogP contribution >= 0.6 is 0 Å². The molecule has 0 saturated carbocycles. The van der Waals surface area contributed by atoms with Crippen molar-refractivity contribution in [2.24, 2.45) is 0 Å². The summed E-state index contributed by atoms with van der Waals surface area (Å²) in [5.74, 6) is -0.210. The Hall–Kier alpha value is -4.45. The highest BCUT2D eigenvalue weighted by atomic mass is 16.1. The van der Waals surface area contributed by atoms with Gasteiger partial charge in [0.05, 0.1) is 23.6 Å². The normalized spacial score (nSPS) is 12.0. The summed E-state index contributed by atoms with van der Waals surface area (Å²) in [5, 5.41) is 12.4. The number of pyridine rings is 1. The number of hydrogen-bond donors (Lipinski definition) is 2. The quantitative estimate of drug-likeness (QED) is 0.293. The van der Waals surface area contributed by atoms with Crippen molar-refractivity contribution in [2.75, 3.05) is 6.54 Å². The van der Waals surface area contributed by atoms with E-state index < -0.39 is 0 Å². The summed E-state index contributed by atoms with van der Waals surface area (Å²) < 4.78 is 4.11. The summed E-state index contributed by atoms with van der Waals surface area (Å²) in [6.07, 6.45) is 0.677. The fourth-order valence-corrected chi connectivity index (χ4v) is 4.88. The number of hydrogen-bond acceptors (Lipinski definition) is 3. The van der Waals surface area contributed by atoms with Crippen molar-refractivity contribution in [1.82, 2.24) is 19.4 Å². The van der Waals surface area contributed by atoms with Crippen molar-refractivity contribution in [1.29, 1.82) is 5.41 Å². The molecule has 1 atom stereocenters. The van der Waals surface area contributed by atoms with Gasteiger partial charge < -0.3 is 14.5 Å². The van der Waals surface area contributed by atoms with Crippen LogP contribution in [0.2, 0.25) is 0 Å². The summed E-state index contributed by atoms with van der Waals surface area (Å²) in [5.41, 5.74) is 8.30. The number of para-hydroxylation sites is 2. The first-order chi connectivity index (χ1) is 18.4. The number of nitrogens with zero attached hydrogens (tertiary/aromatic N) is 3. The fraction of sp³-hybridized carbons (Fsp3) is 0.219. The van der Waals surface area contributed by atoms with Crippen molar-refractivity contribution in [2.45, 2.75) is 39.8 Å². The van der Waals surface area contributed by atoms with E-state index in [1.807, 2.05) is 35.8 Å².